The smallest absolute Gasteiger partial charge is 0.220 e. The fraction of sp³-hybridized carbons (Fsp3) is 0.889. The minimum absolute atomic E-state index is 0.0106. The van der Waals surface area contributed by atoms with E-state index in [2.05, 4.69) is 5.32 Å². The summed E-state index contributed by atoms with van der Waals surface area (Å²) >= 11 is 0. The third kappa shape index (κ3) is 3.32. The van der Waals surface area contributed by atoms with E-state index in [1.165, 1.54) is 0 Å². The van der Waals surface area contributed by atoms with Crippen LogP contribution in [-0.4, -0.2) is 36.4 Å². The fourth-order valence-corrected chi connectivity index (χ4v) is 1.44. The molecule has 4 nitrogen and oxygen atoms in total. The Hall–Kier alpha value is -0.610. The van der Waals surface area contributed by atoms with Crippen LogP contribution in [0.3, 0.4) is 0 Å². The molecule has 1 fully saturated rings. The maximum Gasteiger partial charge on any atom is 0.220 e. The molecule has 0 saturated carbocycles. The molecule has 0 aromatic rings. The molecule has 1 amide bonds. The zero-order valence-electron chi connectivity index (χ0n) is 7.95. The van der Waals surface area contributed by atoms with Crippen LogP contribution in [-0.2, 0) is 9.53 Å². The van der Waals surface area contributed by atoms with E-state index in [1.54, 1.807) is 0 Å². The summed E-state index contributed by atoms with van der Waals surface area (Å²) in [5.41, 5.74) is 0. The van der Waals surface area contributed by atoms with Crippen LogP contribution in [0.15, 0.2) is 0 Å². The first-order valence-corrected chi connectivity index (χ1v) is 4.76. The fourth-order valence-electron chi connectivity index (χ4n) is 1.44. The highest BCUT2D eigenvalue weighted by atomic mass is 16.5. The van der Waals surface area contributed by atoms with E-state index in [9.17, 15) is 4.79 Å². The second kappa shape index (κ2) is 5.19. The van der Waals surface area contributed by atoms with Crippen molar-refractivity contribution in [1.82, 2.24) is 5.32 Å². The number of nitrogens with one attached hydrogen (secondary N) is 1. The van der Waals surface area contributed by atoms with E-state index in [-0.39, 0.29) is 24.7 Å². The number of amides is 1. The molecule has 2 atom stereocenters. The molecule has 1 saturated heterocycles. The van der Waals surface area contributed by atoms with Gasteiger partial charge in [0.05, 0.1) is 12.1 Å². The lowest BCUT2D eigenvalue weighted by Gasteiger charge is -2.15. The van der Waals surface area contributed by atoms with Crippen molar-refractivity contribution >= 4 is 5.91 Å². The normalized spacial score (nSPS) is 27.5. The van der Waals surface area contributed by atoms with Crippen LogP contribution in [0.5, 0.6) is 0 Å². The number of ether oxygens (including phenoxy) is 1. The average molecular weight is 187 g/mol. The largest absolute Gasteiger partial charge is 0.396 e. The van der Waals surface area contributed by atoms with Gasteiger partial charge < -0.3 is 15.2 Å². The van der Waals surface area contributed by atoms with Gasteiger partial charge in [0, 0.05) is 19.6 Å². The molecule has 13 heavy (non-hydrogen) atoms. The van der Waals surface area contributed by atoms with E-state index in [1.807, 2.05) is 6.92 Å². The highest BCUT2D eigenvalue weighted by Crippen LogP contribution is 2.12. The Morgan fingerprint density at radius 1 is 1.69 bits per heavy atom. The predicted molar refractivity (Wildman–Crippen MR) is 48.3 cm³/mol. The Morgan fingerprint density at radius 3 is 3.00 bits per heavy atom. The quantitative estimate of drug-likeness (QED) is 0.654. The zero-order valence-corrected chi connectivity index (χ0v) is 7.95. The van der Waals surface area contributed by atoms with Crippen molar-refractivity contribution in [3.8, 4) is 0 Å². The number of aliphatic hydroxyl groups is 1. The van der Waals surface area contributed by atoms with Gasteiger partial charge in [-0.15, -0.1) is 0 Å². The molecular formula is C9H17NO3. The molecule has 2 unspecified atom stereocenters. The SMILES string of the molecule is CC1OCCC1NC(=O)CCCO. The molecule has 76 valence electrons. The molecule has 0 aliphatic carbocycles. The van der Waals surface area contributed by atoms with E-state index in [0.29, 0.717) is 12.8 Å². The molecule has 2 N–H and O–H groups in total. The third-order valence-electron chi connectivity index (χ3n) is 2.28. The Balaban J connectivity index is 2.19. The molecule has 0 spiro atoms. The first kappa shape index (κ1) is 10.5. The molecule has 1 aliphatic heterocycles. The lowest BCUT2D eigenvalue weighted by Crippen LogP contribution is -2.39. The van der Waals surface area contributed by atoms with Gasteiger partial charge in [-0.25, -0.2) is 0 Å². The van der Waals surface area contributed by atoms with E-state index < -0.39 is 0 Å². The van der Waals surface area contributed by atoms with Crippen LogP contribution >= 0.6 is 0 Å². The number of hydrogen-bond donors (Lipinski definition) is 2. The van der Waals surface area contributed by atoms with E-state index in [4.69, 9.17) is 9.84 Å². The minimum Gasteiger partial charge on any atom is -0.396 e. The summed E-state index contributed by atoms with van der Waals surface area (Å²) in [7, 11) is 0. The Kier molecular flexibility index (Phi) is 4.18. The van der Waals surface area contributed by atoms with Gasteiger partial charge >= 0.3 is 0 Å². The molecule has 0 aromatic heterocycles. The Morgan fingerprint density at radius 2 is 2.46 bits per heavy atom. The lowest BCUT2D eigenvalue weighted by atomic mass is 10.1. The maximum atomic E-state index is 11.2. The van der Waals surface area contributed by atoms with Gasteiger partial charge in [0.15, 0.2) is 0 Å². The average Bonchev–Trinajstić information content (AvgIpc) is 2.48. The van der Waals surface area contributed by atoms with Crippen LogP contribution in [0.2, 0.25) is 0 Å². The van der Waals surface area contributed by atoms with Crippen LogP contribution in [0, 0.1) is 0 Å². The zero-order chi connectivity index (χ0) is 9.68. The van der Waals surface area contributed by atoms with Crippen molar-refractivity contribution in [3.05, 3.63) is 0 Å². The lowest BCUT2D eigenvalue weighted by molar-refractivity contribution is -0.122. The van der Waals surface area contributed by atoms with Crippen molar-refractivity contribution in [2.24, 2.45) is 0 Å². The third-order valence-corrected chi connectivity index (χ3v) is 2.28. The molecule has 1 rings (SSSR count). The highest BCUT2D eigenvalue weighted by Gasteiger charge is 2.25. The maximum absolute atomic E-state index is 11.2. The number of carbonyl (C=O) groups is 1. The summed E-state index contributed by atoms with van der Waals surface area (Å²) < 4.78 is 5.31. The van der Waals surface area contributed by atoms with Gasteiger partial charge in [-0.3, -0.25) is 4.79 Å². The molecule has 0 radical (unpaired) electrons. The number of aliphatic hydroxyl groups excluding tert-OH is 1. The van der Waals surface area contributed by atoms with Crippen LogP contribution in [0.4, 0.5) is 0 Å². The molecule has 1 heterocycles. The summed E-state index contributed by atoms with van der Waals surface area (Å²) in [5, 5.41) is 11.4. The van der Waals surface area contributed by atoms with Crippen molar-refractivity contribution in [3.63, 3.8) is 0 Å². The summed E-state index contributed by atoms with van der Waals surface area (Å²) in [4.78, 5) is 11.2. The number of carbonyl (C=O) groups excluding carboxylic acids is 1. The van der Waals surface area contributed by atoms with Crippen molar-refractivity contribution in [2.45, 2.75) is 38.3 Å². The summed E-state index contributed by atoms with van der Waals surface area (Å²) in [5.74, 6) is 0.0106. The van der Waals surface area contributed by atoms with Gasteiger partial charge in [-0.2, -0.15) is 0 Å². The van der Waals surface area contributed by atoms with E-state index >= 15 is 0 Å². The molecule has 4 heteroatoms. The minimum atomic E-state index is 0.0106. The van der Waals surface area contributed by atoms with Crippen LogP contribution in [0.1, 0.15) is 26.2 Å². The predicted octanol–water partition coefficient (Wildman–Crippen LogP) is 0.0525. The van der Waals surface area contributed by atoms with Gasteiger partial charge in [-0.1, -0.05) is 0 Å². The second-order valence-electron chi connectivity index (χ2n) is 3.37. The number of hydrogen-bond acceptors (Lipinski definition) is 3. The Labute approximate surface area is 78.3 Å². The molecule has 0 bridgehead atoms. The standard InChI is InChI=1S/C9H17NO3/c1-7-8(4-6-13-7)10-9(12)3-2-5-11/h7-8,11H,2-6H2,1H3,(H,10,12). The van der Waals surface area contributed by atoms with Crippen LogP contribution < -0.4 is 5.32 Å². The molecule has 0 aromatic carbocycles. The second-order valence-corrected chi connectivity index (χ2v) is 3.37. The van der Waals surface area contributed by atoms with Gasteiger partial charge in [0.2, 0.25) is 5.91 Å². The summed E-state index contributed by atoms with van der Waals surface area (Å²) in [6.07, 6.45) is 1.96. The summed E-state index contributed by atoms with van der Waals surface area (Å²) in [6.45, 7) is 2.76. The van der Waals surface area contributed by atoms with Crippen molar-refractivity contribution in [1.29, 1.82) is 0 Å². The Bertz CT molecular complexity index is 172. The van der Waals surface area contributed by atoms with E-state index in [0.717, 1.165) is 13.0 Å². The van der Waals surface area contributed by atoms with Gasteiger partial charge in [0.1, 0.15) is 0 Å². The molecule has 1 aliphatic rings. The highest BCUT2D eigenvalue weighted by molar-refractivity contribution is 5.76. The first-order chi connectivity index (χ1) is 6.24. The topological polar surface area (TPSA) is 58.6 Å². The van der Waals surface area contributed by atoms with Gasteiger partial charge in [0.25, 0.3) is 0 Å². The number of rotatable bonds is 4. The van der Waals surface area contributed by atoms with Crippen molar-refractivity contribution in [2.75, 3.05) is 13.2 Å². The van der Waals surface area contributed by atoms with Gasteiger partial charge in [-0.05, 0) is 19.8 Å². The summed E-state index contributed by atoms with van der Waals surface area (Å²) in [6, 6.07) is 0.159. The first-order valence-electron chi connectivity index (χ1n) is 4.76. The van der Waals surface area contributed by atoms with Crippen molar-refractivity contribution < 1.29 is 14.6 Å². The monoisotopic (exact) mass is 187 g/mol. The molecular weight excluding hydrogens is 170 g/mol. The van der Waals surface area contributed by atoms with Crippen LogP contribution in [0.25, 0.3) is 0 Å².